The lowest BCUT2D eigenvalue weighted by Gasteiger charge is -2.33. The van der Waals surface area contributed by atoms with Crippen molar-refractivity contribution in [3.63, 3.8) is 0 Å². The fourth-order valence-electron chi connectivity index (χ4n) is 7.52. The van der Waals surface area contributed by atoms with Gasteiger partial charge in [0.15, 0.2) is 0 Å². The summed E-state index contributed by atoms with van der Waals surface area (Å²) in [6, 6.07) is 54.4. The van der Waals surface area contributed by atoms with Crippen molar-refractivity contribution in [1.29, 1.82) is 0 Å². The van der Waals surface area contributed by atoms with E-state index < -0.39 is 0 Å². The maximum absolute atomic E-state index is 16.9. The van der Waals surface area contributed by atoms with Crippen molar-refractivity contribution in [1.82, 2.24) is 0 Å². The maximum atomic E-state index is 16.9. The summed E-state index contributed by atoms with van der Waals surface area (Å²) in [5, 5.41) is 2.68. The number of nitrogens with zero attached hydrogens (tertiary/aromatic N) is 1. The second-order valence-electron chi connectivity index (χ2n) is 12.3. The van der Waals surface area contributed by atoms with Crippen LogP contribution in [0.5, 0.6) is 0 Å². The van der Waals surface area contributed by atoms with Crippen LogP contribution in [0.3, 0.4) is 0 Å². The molecule has 0 radical (unpaired) electrons. The second-order valence-corrected chi connectivity index (χ2v) is 12.3. The number of fused-ring (bicyclic) bond motifs is 4. The van der Waals surface area contributed by atoms with Crippen LogP contribution in [0.1, 0.15) is 24.0 Å². The van der Waals surface area contributed by atoms with Gasteiger partial charge in [-0.1, -0.05) is 121 Å². The van der Waals surface area contributed by atoms with Crippen LogP contribution < -0.4 is 4.90 Å². The van der Waals surface area contributed by atoms with Crippen molar-refractivity contribution < 1.29 is 4.39 Å². The van der Waals surface area contributed by atoms with E-state index in [1.807, 2.05) is 66.7 Å². The summed E-state index contributed by atoms with van der Waals surface area (Å²) < 4.78 is 16.9. The quantitative estimate of drug-likeness (QED) is 0.196. The lowest BCUT2D eigenvalue weighted by atomic mass is 9.74. The third-order valence-electron chi connectivity index (χ3n) is 9.73. The number of rotatable bonds is 5. The third kappa shape index (κ3) is 4.06. The Morgan fingerprint density at radius 1 is 0.467 bits per heavy atom. The van der Waals surface area contributed by atoms with E-state index in [2.05, 4.69) is 89.8 Å². The first-order chi connectivity index (χ1) is 22.2. The summed E-state index contributed by atoms with van der Waals surface area (Å²) >= 11 is 0. The summed E-state index contributed by atoms with van der Waals surface area (Å²) in [6.45, 7) is 0. The minimum Gasteiger partial charge on any atom is -0.307 e. The van der Waals surface area contributed by atoms with Crippen molar-refractivity contribution in [2.75, 3.05) is 4.90 Å². The lowest BCUT2D eigenvalue weighted by Crippen LogP contribution is -2.18. The predicted molar refractivity (Wildman–Crippen MR) is 185 cm³/mol. The predicted octanol–water partition coefficient (Wildman–Crippen LogP) is 11.8. The molecule has 45 heavy (non-hydrogen) atoms. The zero-order chi connectivity index (χ0) is 30.0. The molecule has 214 valence electrons. The first kappa shape index (κ1) is 26.0. The first-order valence-electron chi connectivity index (χ1n) is 15.7. The number of benzene rings is 7. The van der Waals surface area contributed by atoms with E-state index in [-0.39, 0.29) is 11.2 Å². The van der Waals surface area contributed by atoms with E-state index in [4.69, 9.17) is 0 Å². The molecule has 0 amide bonds. The van der Waals surface area contributed by atoms with E-state index >= 15 is 4.39 Å². The van der Waals surface area contributed by atoms with Crippen LogP contribution >= 0.6 is 0 Å². The average Bonchev–Trinajstić information content (AvgIpc) is 3.91. The average molecular weight is 580 g/mol. The SMILES string of the molecule is Fc1cc(-c2ccccc2)cc(-c2ccccc2)c1N(c1ccccc1)c1ccc2c(c1)C1(CC1)c1cccc3cccc-2c13. The van der Waals surface area contributed by atoms with Gasteiger partial charge in [0.2, 0.25) is 0 Å². The minimum absolute atomic E-state index is 0.000460. The van der Waals surface area contributed by atoms with Crippen molar-refractivity contribution in [2.24, 2.45) is 0 Å². The molecule has 2 heteroatoms. The Morgan fingerprint density at radius 2 is 1.13 bits per heavy atom. The fraction of sp³-hybridized carbons (Fsp3) is 0.0698. The number of para-hydroxylation sites is 1. The molecule has 0 atom stereocenters. The van der Waals surface area contributed by atoms with Gasteiger partial charge in [-0.3, -0.25) is 0 Å². The smallest absolute Gasteiger partial charge is 0.148 e. The molecule has 1 nitrogen and oxygen atoms in total. The Bertz CT molecular complexity index is 2210. The molecule has 0 saturated heterocycles. The molecule has 2 aliphatic carbocycles. The summed E-state index contributed by atoms with van der Waals surface area (Å²) in [5.74, 6) is -0.256. The molecule has 0 unspecified atom stereocenters. The van der Waals surface area contributed by atoms with Gasteiger partial charge in [-0.15, -0.1) is 0 Å². The van der Waals surface area contributed by atoms with Crippen molar-refractivity contribution in [2.45, 2.75) is 18.3 Å². The Morgan fingerprint density at radius 3 is 1.84 bits per heavy atom. The van der Waals surface area contributed by atoms with Crippen molar-refractivity contribution in [3.05, 3.63) is 175 Å². The topological polar surface area (TPSA) is 3.24 Å². The van der Waals surface area contributed by atoms with Gasteiger partial charge < -0.3 is 4.90 Å². The van der Waals surface area contributed by atoms with Gasteiger partial charge in [-0.05, 0) is 99.0 Å². The van der Waals surface area contributed by atoms with Crippen molar-refractivity contribution in [3.8, 4) is 33.4 Å². The molecule has 1 spiro atoms. The van der Waals surface area contributed by atoms with Crippen LogP contribution in [0.2, 0.25) is 0 Å². The molecular weight excluding hydrogens is 549 g/mol. The van der Waals surface area contributed by atoms with Gasteiger partial charge in [-0.25, -0.2) is 4.39 Å². The van der Waals surface area contributed by atoms with Gasteiger partial charge >= 0.3 is 0 Å². The number of hydrogen-bond donors (Lipinski definition) is 0. The Balaban J connectivity index is 1.30. The van der Waals surface area contributed by atoms with E-state index in [0.29, 0.717) is 5.69 Å². The zero-order valence-corrected chi connectivity index (χ0v) is 24.8. The second kappa shape index (κ2) is 10.0. The van der Waals surface area contributed by atoms with Crippen LogP contribution in [-0.2, 0) is 5.41 Å². The highest BCUT2D eigenvalue weighted by molar-refractivity contribution is 6.04. The highest BCUT2D eigenvalue weighted by Gasteiger charge is 2.50. The summed E-state index contributed by atoms with van der Waals surface area (Å²) in [5.41, 5.74) is 11.5. The maximum Gasteiger partial charge on any atom is 0.148 e. The molecule has 7 aromatic carbocycles. The largest absolute Gasteiger partial charge is 0.307 e. The molecule has 9 rings (SSSR count). The minimum atomic E-state index is -0.256. The van der Waals surface area contributed by atoms with Crippen molar-refractivity contribution >= 4 is 27.8 Å². The molecule has 0 aliphatic heterocycles. The van der Waals surface area contributed by atoms with Crippen LogP contribution in [0.4, 0.5) is 21.5 Å². The van der Waals surface area contributed by atoms with Crippen LogP contribution in [0.15, 0.2) is 158 Å². The van der Waals surface area contributed by atoms with E-state index in [0.717, 1.165) is 46.5 Å². The van der Waals surface area contributed by atoms with Crippen LogP contribution in [-0.4, -0.2) is 0 Å². The summed E-state index contributed by atoms with van der Waals surface area (Å²) in [4.78, 5) is 2.11. The highest BCUT2D eigenvalue weighted by atomic mass is 19.1. The van der Waals surface area contributed by atoms with Gasteiger partial charge in [0, 0.05) is 22.4 Å². The summed E-state index contributed by atoms with van der Waals surface area (Å²) in [6.07, 6.45) is 2.25. The van der Waals surface area contributed by atoms with Crippen LogP contribution in [0.25, 0.3) is 44.2 Å². The highest BCUT2D eigenvalue weighted by Crippen LogP contribution is 2.62. The Hall–Kier alpha value is -5.47. The third-order valence-corrected chi connectivity index (χ3v) is 9.73. The fourth-order valence-corrected chi connectivity index (χ4v) is 7.52. The lowest BCUT2D eigenvalue weighted by molar-refractivity contribution is 0.629. The molecule has 0 N–H and O–H groups in total. The van der Waals surface area contributed by atoms with E-state index in [9.17, 15) is 0 Å². The molecule has 0 heterocycles. The van der Waals surface area contributed by atoms with Crippen LogP contribution in [0, 0.1) is 5.82 Å². The standard InChI is InChI=1S/C43H30FN/c44-40-27-32(29-12-4-1-5-13-29)26-37(30-14-6-2-7-15-30)42(40)45(33-18-8-3-9-19-33)34-22-23-35-36-20-10-16-31-17-11-21-38(41(31)36)43(24-25-43)39(35)28-34/h1-23,26-28H,24-25H2. The molecule has 0 aromatic heterocycles. The molecule has 1 saturated carbocycles. The molecule has 2 aliphatic rings. The van der Waals surface area contributed by atoms with E-state index in [1.165, 1.54) is 33.0 Å². The Labute approximate surface area is 262 Å². The summed E-state index contributed by atoms with van der Waals surface area (Å²) in [7, 11) is 0. The molecule has 7 aromatic rings. The number of halogens is 1. The van der Waals surface area contributed by atoms with E-state index in [1.54, 1.807) is 6.07 Å². The molecule has 0 bridgehead atoms. The molecular formula is C43H30FN. The van der Waals surface area contributed by atoms with Gasteiger partial charge in [-0.2, -0.15) is 0 Å². The van der Waals surface area contributed by atoms with Gasteiger partial charge in [0.05, 0.1) is 5.69 Å². The monoisotopic (exact) mass is 579 g/mol. The normalized spacial score (nSPS) is 13.9. The van der Waals surface area contributed by atoms with Gasteiger partial charge in [0.1, 0.15) is 5.82 Å². The zero-order valence-electron chi connectivity index (χ0n) is 24.8. The molecule has 1 fully saturated rings. The van der Waals surface area contributed by atoms with Gasteiger partial charge in [0.25, 0.3) is 0 Å². The first-order valence-corrected chi connectivity index (χ1v) is 15.7. The number of anilines is 3. The Kier molecular flexibility index (Phi) is 5.79. The number of hydrogen-bond acceptors (Lipinski definition) is 1.